The van der Waals surface area contributed by atoms with Crippen LogP contribution in [0.1, 0.15) is 34.1 Å². The van der Waals surface area contributed by atoms with Gasteiger partial charge in [0.15, 0.2) is 0 Å². The topological polar surface area (TPSA) is 40.4 Å². The molecule has 1 rings (SSSR count). The molecule has 0 aromatic carbocycles. The van der Waals surface area contributed by atoms with Crippen molar-refractivity contribution < 1.29 is 9.55 Å². The minimum atomic E-state index is -0.377. The van der Waals surface area contributed by atoms with Crippen LogP contribution < -0.4 is 0 Å². The molecule has 4 nitrogen and oxygen atoms in total. The van der Waals surface area contributed by atoms with Gasteiger partial charge < -0.3 is 0 Å². The molecule has 1 atom stereocenters. The molecule has 1 fully saturated rings. The first-order valence-corrected chi connectivity index (χ1v) is 5.49. The van der Waals surface area contributed by atoms with E-state index in [9.17, 15) is 9.70 Å². The van der Waals surface area contributed by atoms with E-state index in [4.69, 9.17) is 0 Å². The third-order valence-corrected chi connectivity index (χ3v) is 2.59. The van der Waals surface area contributed by atoms with Crippen LogP contribution in [0.15, 0.2) is 0 Å². The second kappa shape index (κ2) is 4.39. The highest BCUT2D eigenvalue weighted by molar-refractivity contribution is 5.63. The molecule has 0 aliphatic carbocycles. The average Bonchev–Trinajstić information content (AvgIpc) is 2.48. The molecule has 1 amide bonds. The van der Waals surface area contributed by atoms with Gasteiger partial charge >= 0.3 is 5.91 Å². The van der Waals surface area contributed by atoms with Crippen molar-refractivity contribution in [2.75, 3.05) is 19.6 Å². The highest BCUT2D eigenvalue weighted by atomic mass is 16.3. The molecule has 1 saturated heterocycles. The van der Waals surface area contributed by atoms with Gasteiger partial charge in [0.2, 0.25) is 6.04 Å². The molecular formula is C11H21N2O2+. The van der Waals surface area contributed by atoms with Crippen LogP contribution in [0.2, 0.25) is 0 Å². The van der Waals surface area contributed by atoms with E-state index in [1.807, 2.05) is 0 Å². The van der Waals surface area contributed by atoms with Crippen molar-refractivity contribution in [2.45, 2.75) is 40.2 Å². The first kappa shape index (κ1) is 12.3. The van der Waals surface area contributed by atoms with Crippen LogP contribution in [0.25, 0.3) is 0 Å². The zero-order valence-corrected chi connectivity index (χ0v) is 10.1. The van der Waals surface area contributed by atoms with Crippen LogP contribution in [0, 0.1) is 10.3 Å². The van der Waals surface area contributed by atoms with Crippen LogP contribution in [-0.4, -0.2) is 41.2 Å². The Bertz CT molecular complexity index is 268. The number of rotatable bonds is 2. The minimum Gasteiger partial charge on any atom is -0.296 e. The maximum atomic E-state index is 11.4. The van der Waals surface area contributed by atoms with E-state index in [1.165, 1.54) is 6.92 Å². The average molecular weight is 213 g/mol. The molecule has 0 aromatic heterocycles. The van der Waals surface area contributed by atoms with E-state index < -0.39 is 0 Å². The van der Waals surface area contributed by atoms with Gasteiger partial charge in [0.1, 0.15) is 0 Å². The lowest BCUT2D eigenvalue weighted by atomic mass is 9.96. The van der Waals surface area contributed by atoms with Gasteiger partial charge in [0.05, 0.1) is 18.2 Å². The molecule has 0 aromatic rings. The first-order valence-electron chi connectivity index (χ1n) is 5.49. The third kappa shape index (κ3) is 3.70. The summed E-state index contributed by atoms with van der Waals surface area (Å²) in [5, 5.41) is 0. The number of nitrogens with zero attached hydrogens (tertiary/aromatic N) is 2. The van der Waals surface area contributed by atoms with Crippen molar-refractivity contribution in [1.82, 2.24) is 4.90 Å². The minimum absolute atomic E-state index is 0.134. The van der Waals surface area contributed by atoms with Crippen molar-refractivity contribution in [3.8, 4) is 0 Å². The Balaban J connectivity index is 2.46. The summed E-state index contributed by atoms with van der Waals surface area (Å²) >= 11 is 0. The van der Waals surface area contributed by atoms with E-state index in [2.05, 4.69) is 25.7 Å². The van der Waals surface area contributed by atoms with Gasteiger partial charge in [0.25, 0.3) is 0 Å². The molecule has 0 unspecified atom stereocenters. The number of carbonyl (C=O) groups excluding carboxylic acids is 1. The summed E-state index contributed by atoms with van der Waals surface area (Å²) in [6, 6.07) is -0.134. The zero-order chi connectivity index (χ0) is 11.6. The molecule has 0 bridgehead atoms. The van der Waals surface area contributed by atoms with Gasteiger partial charge in [-0.15, -0.1) is 0 Å². The molecule has 1 aliphatic rings. The van der Waals surface area contributed by atoms with Gasteiger partial charge in [-0.2, -0.15) is 0 Å². The van der Waals surface area contributed by atoms with Crippen LogP contribution in [0.3, 0.4) is 0 Å². The SMILES string of the molecule is CC(=O)[N+](=O)[C@@H]1CCN(CC(C)(C)C)C1. The summed E-state index contributed by atoms with van der Waals surface area (Å²) in [6.45, 7) is 10.5. The van der Waals surface area contributed by atoms with Gasteiger partial charge in [-0.05, 0) is 5.41 Å². The third-order valence-electron chi connectivity index (χ3n) is 2.59. The van der Waals surface area contributed by atoms with Crippen molar-refractivity contribution in [2.24, 2.45) is 5.41 Å². The lowest BCUT2D eigenvalue weighted by molar-refractivity contribution is -0.502. The Morgan fingerprint density at radius 3 is 2.53 bits per heavy atom. The summed E-state index contributed by atoms with van der Waals surface area (Å²) in [4.78, 5) is 24.6. The Labute approximate surface area is 91.2 Å². The number of carbonyl (C=O) groups is 1. The highest BCUT2D eigenvalue weighted by Crippen LogP contribution is 2.20. The number of amides is 1. The number of hydrogen-bond acceptors (Lipinski definition) is 3. The fourth-order valence-electron chi connectivity index (χ4n) is 2.08. The number of hydrogen-bond donors (Lipinski definition) is 0. The van der Waals surface area contributed by atoms with Gasteiger partial charge in [-0.3, -0.25) is 4.90 Å². The van der Waals surface area contributed by atoms with E-state index in [1.54, 1.807) is 0 Å². The van der Waals surface area contributed by atoms with E-state index >= 15 is 0 Å². The van der Waals surface area contributed by atoms with Crippen molar-refractivity contribution >= 4 is 5.91 Å². The molecule has 0 N–H and O–H groups in total. The predicted molar refractivity (Wildman–Crippen MR) is 58.6 cm³/mol. The second-order valence-corrected chi connectivity index (χ2v) is 5.58. The van der Waals surface area contributed by atoms with Gasteiger partial charge in [0, 0.05) is 24.4 Å². The van der Waals surface area contributed by atoms with Crippen LogP contribution in [0.4, 0.5) is 0 Å². The molecule has 1 aliphatic heterocycles. The molecule has 1 heterocycles. The van der Waals surface area contributed by atoms with E-state index in [0.29, 0.717) is 4.76 Å². The molecule has 0 radical (unpaired) electrons. The predicted octanol–water partition coefficient (Wildman–Crippen LogP) is 1.43. The molecule has 86 valence electrons. The van der Waals surface area contributed by atoms with Gasteiger partial charge in [-0.25, -0.2) is 4.79 Å². The monoisotopic (exact) mass is 213 g/mol. The van der Waals surface area contributed by atoms with Crippen LogP contribution in [-0.2, 0) is 4.79 Å². The van der Waals surface area contributed by atoms with E-state index in [0.717, 1.165) is 26.1 Å². The smallest absolute Gasteiger partial charge is 0.296 e. The quantitative estimate of drug-likeness (QED) is 0.652. The summed E-state index contributed by atoms with van der Waals surface area (Å²) < 4.78 is 0.628. The summed E-state index contributed by atoms with van der Waals surface area (Å²) in [5.41, 5.74) is 0.249. The van der Waals surface area contributed by atoms with Crippen LogP contribution >= 0.6 is 0 Å². The highest BCUT2D eigenvalue weighted by Gasteiger charge is 2.37. The standard InChI is InChI=1S/C11H21N2O2/c1-9(14)13(15)10-5-6-12(7-10)8-11(2,3)4/h10H,5-8H2,1-4H3/q+1/t10-/m1/s1. The summed E-state index contributed by atoms with van der Waals surface area (Å²) in [7, 11) is 0. The molecule has 0 spiro atoms. The second-order valence-electron chi connectivity index (χ2n) is 5.58. The van der Waals surface area contributed by atoms with Crippen molar-refractivity contribution in [1.29, 1.82) is 0 Å². The fraction of sp³-hybridized carbons (Fsp3) is 0.909. The summed E-state index contributed by atoms with van der Waals surface area (Å²) in [5.74, 6) is -0.377. The normalized spacial score (nSPS) is 23.1. The molecule has 4 heteroatoms. The Morgan fingerprint density at radius 1 is 1.47 bits per heavy atom. The number of likely N-dealkylation sites (tertiary alicyclic amines) is 1. The zero-order valence-electron chi connectivity index (χ0n) is 10.1. The first-order chi connectivity index (χ1) is 6.79. The maximum absolute atomic E-state index is 11.4. The summed E-state index contributed by atoms with van der Waals surface area (Å²) in [6.07, 6.45) is 0.805. The molecule has 0 saturated carbocycles. The fourth-order valence-corrected chi connectivity index (χ4v) is 2.08. The molecule has 15 heavy (non-hydrogen) atoms. The van der Waals surface area contributed by atoms with Crippen molar-refractivity contribution in [3.63, 3.8) is 0 Å². The molecular weight excluding hydrogens is 192 g/mol. The van der Waals surface area contributed by atoms with Crippen LogP contribution in [0.5, 0.6) is 0 Å². The Hall–Kier alpha value is -0.770. The van der Waals surface area contributed by atoms with Gasteiger partial charge in [-0.1, -0.05) is 20.8 Å². The largest absolute Gasteiger partial charge is 0.430 e. The van der Waals surface area contributed by atoms with E-state index in [-0.39, 0.29) is 17.4 Å². The number of nitroso groups, excluding NO2 is 1. The lowest BCUT2D eigenvalue weighted by Gasteiger charge is -2.25. The Morgan fingerprint density at radius 2 is 2.07 bits per heavy atom. The maximum Gasteiger partial charge on any atom is 0.430 e. The van der Waals surface area contributed by atoms with Crippen molar-refractivity contribution in [3.05, 3.63) is 4.91 Å². The lowest BCUT2D eigenvalue weighted by Crippen LogP contribution is -2.35. The Kier molecular flexibility index (Phi) is 3.60.